The highest BCUT2D eigenvalue weighted by Gasteiger charge is 2.15. The van der Waals surface area contributed by atoms with E-state index < -0.39 is 0 Å². The van der Waals surface area contributed by atoms with E-state index in [9.17, 15) is 4.39 Å². The fraction of sp³-hybridized carbons (Fsp3) is 0.417. The fourth-order valence-electron chi connectivity index (χ4n) is 1.98. The zero-order valence-corrected chi connectivity index (χ0v) is 9.98. The molecule has 0 radical (unpaired) electrons. The van der Waals surface area contributed by atoms with E-state index in [-0.39, 0.29) is 11.9 Å². The van der Waals surface area contributed by atoms with Gasteiger partial charge in [0.2, 0.25) is 5.95 Å². The monoisotopic (exact) mass is 237 g/mol. The molecule has 1 heterocycles. The number of benzene rings is 1. The molecule has 0 fully saturated rings. The predicted octanol–water partition coefficient (Wildman–Crippen LogP) is 2.36. The van der Waals surface area contributed by atoms with Gasteiger partial charge in [-0.05, 0) is 25.5 Å². The molecular formula is C12H16FN3O. The van der Waals surface area contributed by atoms with E-state index in [1.807, 2.05) is 17.6 Å². The second kappa shape index (κ2) is 4.71. The van der Waals surface area contributed by atoms with Crippen LogP contribution < -0.4 is 5.73 Å². The number of nitrogen functional groups attached to an aromatic ring is 1. The maximum absolute atomic E-state index is 13.5. The molecule has 0 aliphatic rings. The summed E-state index contributed by atoms with van der Waals surface area (Å²) >= 11 is 0. The number of fused-ring (bicyclic) bond motifs is 1. The summed E-state index contributed by atoms with van der Waals surface area (Å²) in [4.78, 5) is 4.07. The van der Waals surface area contributed by atoms with Crippen molar-refractivity contribution in [1.29, 1.82) is 0 Å². The van der Waals surface area contributed by atoms with Crippen molar-refractivity contribution < 1.29 is 9.13 Å². The average Bonchev–Trinajstić information content (AvgIpc) is 2.64. The Labute approximate surface area is 99.2 Å². The molecule has 2 aromatic rings. The van der Waals surface area contributed by atoms with Gasteiger partial charge < -0.3 is 15.0 Å². The summed E-state index contributed by atoms with van der Waals surface area (Å²) in [6.07, 6.45) is 0.808. The molecule has 0 aliphatic carbocycles. The second-order valence-corrected chi connectivity index (χ2v) is 4.08. The number of anilines is 1. The van der Waals surface area contributed by atoms with Gasteiger partial charge in [0.15, 0.2) is 5.82 Å². The molecule has 4 nitrogen and oxygen atoms in total. The smallest absolute Gasteiger partial charge is 0.201 e. The highest BCUT2D eigenvalue weighted by molar-refractivity contribution is 5.79. The van der Waals surface area contributed by atoms with Gasteiger partial charge in [0.25, 0.3) is 0 Å². The van der Waals surface area contributed by atoms with Crippen molar-refractivity contribution in [3.8, 4) is 0 Å². The zero-order chi connectivity index (χ0) is 12.4. The first kappa shape index (κ1) is 11.9. The number of aromatic nitrogens is 2. The van der Waals surface area contributed by atoms with E-state index in [2.05, 4.69) is 4.98 Å². The van der Waals surface area contributed by atoms with Crippen LogP contribution in [-0.4, -0.2) is 23.3 Å². The summed E-state index contributed by atoms with van der Waals surface area (Å²) < 4.78 is 20.4. The normalized spacial score (nSPS) is 13.1. The Balaban J connectivity index is 2.46. The molecule has 92 valence electrons. The van der Waals surface area contributed by atoms with Gasteiger partial charge >= 0.3 is 0 Å². The Kier molecular flexibility index (Phi) is 3.28. The van der Waals surface area contributed by atoms with Gasteiger partial charge in [0, 0.05) is 19.8 Å². The summed E-state index contributed by atoms with van der Waals surface area (Å²) in [6, 6.07) is 5.00. The number of imidazole rings is 1. The lowest BCUT2D eigenvalue weighted by Gasteiger charge is -2.15. The van der Waals surface area contributed by atoms with Gasteiger partial charge in [-0.15, -0.1) is 0 Å². The van der Waals surface area contributed by atoms with Crippen LogP contribution in [0, 0.1) is 5.82 Å². The lowest BCUT2D eigenvalue weighted by atomic mass is 10.2. The standard InChI is InChI=1S/C12H16FN3O/c1-8(6-7-17-2)16-10-5-3-4-9(13)11(10)15-12(16)14/h3-5,8H,6-7H2,1-2H3,(H2,14,15). The first-order valence-electron chi connectivity index (χ1n) is 5.56. The van der Waals surface area contributed by atoms with Crippen molar-refractivity contribution in [3.63, 3.8) is 0 Å². The van der Waals surface area contributed by atoms with Gasteiger partial charge in [0.1, 0.15) is 5.52 Å². The lowest BCUT2D eigenvalue weighted by Crippen LogP contribution is -2.10. The van der Waals surface area contributed by atoms with Crippen molar-refractivity contribution in [2.24, 2.45) is 0 Å². The van der Waals surface area contributed by atoms with E-state index in [4.69, 9.17) is 10.5 Å². The van der Waals surface area contributed by atoms with Gasteiger partial charge in [0.05, 0.1) is 5.52 Å². The number of para-hydroxylation sites is 1. The number of nitrogens with two attached hydrogens (primary N) is 1. The van der Waals surface area contributed by atoms with Crippen LogP contribution in [-0.2, 0) is 4.74 Å². The van der Waals surface area contributed by atoms with E-state index in [1.165, 1.54) is 6.07 Å². The first-order valence-corrected chi connectivity index (χ1v) is 5.56. The van der Waals surface area contributed by atoms with Crippen molar-refractivity contribution in [1.82, 2.24) is 9.55 Å². The Morgan fingerprint density at radius 3 is 3.00 bits per heavy atom. The summed E-state index contributed by atoms with van der Waals surface area (Å²) in [5, 5.41) is 0. The van der Waals surface area contributed by atoms with Crippen LogP contribution in [0.1, 0.15) is 19.4 Å². The third-order valence-corrected chi connectivity index (χ3v) is 2.88. The molecule has 0 saturated heterocycles. The molecular weight excluding hydrogens is 221 g/mol. The van der Waals surface area contributed by atoms with Crippen molar-refractivity contribution in [2.75, 3.05) is 19.5 Å². The van der Waals surface area contributed by atoms with Crippen LogP contribution in [0.4, 0.5) is 10.3 Å². The van der Waals surface area contributed by atoms with E-state index >= 15 is 0 Å². The van der Waals surface area contributed by atoms with E-state index in [0.29, 0.717) is 18.1 Å². The Hall–Kier alpha value is -1.62. The number of methoxy groups -OCH3 is 1. The van der Waals surface area contributed by atoms with Crippen LogP contribution in [0.5, 0.6) is 0 Å². The van der Waals surface area contributed by atoms with Crippen molar-refractivity contribution in [2.45, 2.75) is 19.4 Å². The maximum atomic E-state index is 13.5. The first-order chi connectivity index (χ1) is 8.15. The minimum absolute atomic E-state index is 0.127. The highest BCUT2D eigenvalue weighted by atomic mass is 19.1. The highest BCUT2D eigenvalue weighted by Crippen LogP contribution is 2.25. The summed E-state index contributed by atoms with van der Waals surface area (Å²) in [7, 11) is 1.65. The number of nitrogens with zero attached hydrogens (tertiary/aromatic N) is 2. The second-order valence-electron chi connectivity index (χ2n) is 4.08. The largest absolute Gasteiger partial charge is 0.385 e. The molecule has 1 unspecified atom stereocenters. The van der Waals surface area contributed by atoms with Crippen molar-refractivity contribution in [3.05, 3.63) is 24.0 Å². The average molecular weight is 237 g/mol. The molecule has 0 saturated carbocycles. The minimum Gasteiger partial charge on any atom is -0.385 e. The summed E-state index contributed by atoms with van der Waals surface area (Å²) in [5.41, 5.74) is 6.90. The number of ether oxygens (including phenoxy) is 1. The Morgan fingerprint density at radius 2 is 2.29 bits per heavy atom. The molecule has 1 aromatic heterocycles. The molecule has 2 rings (SSSR count). The fourth-order valence-corrected chi connectivity index (χ4v) is 1.98. The van der Waals surface area contributed by atoms with Crippen LogP contribution >= 0.6 is 0 Å². The number of hydrogen-bond acceptors (Lipinski definition) is 3. The van der Waals surface area contributed by atoms with Gasteiger partial charge in [-0.1, -0.05) is 6.07 Å². The topological polar surface area (TPSA) is 53.1 Å². The van der Waals surface area contributed by atoms with Crippen LogP contribution in [0.3, 0.4) is 0 Å². The molecule has 0 bridgehead atoms. The summed E-state index contributed by atoms with van der Waals surface area (Å²) in [5.74, 6) is 0.000551. The zero-order valence-electron chi connectivity index (χ0n) is 9.98. The molecule has 0 aliphatic heterocycles. The van der Waals surface area contributed by atoms with Gasteiger partial charge in [-0.25, -0.2) is 9.37 Å². The Bertz CT molecular complexity index is 524. The van der Waals surface area contributed by atoms with Crippen LogP contribution in [0.2, 0.25) is 0 Å². The number of halogens is 1. The lowest BCUT2D eigenvalue weighted by molar-refractivity contribution is 0.182. The molecule has 1 aromatic carbocycles. The SMILES string of the molecule is COCCC(C)n1c(N)nc2c(F)cccc21. The molecule has 2 N–H and O–H groups in total. The van der Waals surface area contributed by atoms with E-state index in [0.717, 1.165) is 11.9 Å². The molecule has 1 atom stereocenters. The van der Waals surface area contributed by atoms with Crippen LogP contribution in [0.25, 0.3) is 11.0 Å². The third kappa shape index (κ3) is 2.10. The van der Waals surface area contributed by atoms with Gasteiger partial charge in [-0.3, -0.25) is 0 Å². The molecule has 0 amide bonds. The quantitative estimate of drug-likeness (QED) is 0.888. The molecule has 0 spiro atoms. The van der Waals surface area contributed by atoms with Crippen LogP contribution in [0.15, 0.2) is 18.2 Å². The number of rotatable bonds is 4. The minimum atomic E-state index is -0.341. The van der Waals surface area contributed by atoms with E-state index in [1.54, 1.807) is 13.2 Å². The summed E-state index contributed by atoms with van der Waals surface area (Å²) in [6.45, 7) is 2.65. The maximum Gasteiger partial charge on any atom is 0.201 e. The van der Waals surface area contributed by atoms with Gasteiger partial charge in [-0.2, -0.15) is 0 Å². The third-order valence-electron chi connectivity index (χ3n) is 2.88. The molecule has 17 heavy (non-hydrogen) atoms. The number of hydrogen-bond donors (Lipinski definition) is 1. The predicted molar refractivity (Wildman–Crippen MR) is 65.3 cm³/mol. The molecule has 5 heteroatoms. The Morgan fingerprint density at radius 1 is 1.53 bits per heavy atom. The van der Waals surface area contributed by atoms with Crippen molar-refractivity contribution >= 4 is 17.0 Å².